The van der Waals surface area contributed by atoms with E-state index in [0.717, 1.165) is 32.1 Å². The fraction of sp³-hybridized carbons (Fsp3) is 0.0357. The fourth-order valence-electron chi connectivity index (χ4n) is 3.68. The fourth-order valence-corrected chi connectivity index (χ4v) is 4.66. The van der Waals surface area contributed by atoms with E-state index in [0.29, 0.717) is 16.8 Å². The number of carbonyl (C=O) groups is 1. The van der Waals surface area contributed by atoms with Crippen LogP contribution in [0.15, 0.2) is 94.9 Å². The van der Waals surface area contributed by atoms with Gasteiger partial charge in [-0.05, 0) is 85.3 Å². The molecule has 0 saturated carbocycles. The second-order valence-electron chi connectivity index (χ2n) is 7.92. The first-order valence-electron chi connectivity index (χ1n) is 11.0. The Kier molecular flexibility index (Phi) is 6.41. The van der Waals surface area contributed by atoms with Gasteiger partial charge in [0.2, 0.25) is 0 Å². The zero-order valence-corrected chi connectivity index (χ0v) is 19.6. The zero-order chi connectivity index (χ0) is 24.2. The van der Waals surface area contributed by atoms with Gasteiger partial charge >= 0.3 is 0 Å². The lowest BCUT2D eigenvalue weighted by molar-refractivity contribution is 0.102. The number of aromatic amines is 1. The van der Waals surface area contributed by atoms with Crippen LogP contribution in [-0.4, -0.2) is 21.1 Å². The summed E-state index contributed by atoms with van der Waals surface area (Å²) in [6.45, 7) is 1.76. The smallest absolute Gasteiger partial charge is 0.256 e. The summed E-state index contributed by atoms with van der Waals surface area (Å²) in [4.78, 5) is 19.1. The van der Waals surface area contributed by atoms with Gasteiger partial charge in [-0.1, -0.05) is 30.0 Å². The number of hydrogen-bond donors (Lipinski definition) is 2. The maximum atomic E-state index is 13.4. The summed E-state index contributed by atoms with van der Waals surface area (Å²) in [5, 5.41) is 11.4. The molecule has 35 heavy (non-hydrogen) atoms. The highest BCUT2D eigenvalue weighted by atomic mass is 32.2. The quantitative estimate of drug-likeness (QED) is 0.275. The Labute approximate surface area is 206 Å². The predicted octanol–water partition coefficient (Wildman–Crippen LogP) is 6.98. The van der Waals surface area contributed by atoms with Crippen LogP contribution in [0.4, 0.5) is 10.1 Å². The van der Waals surface area contributed by atoms with E-state index in [1.54, 1.807) is 25.3 Å². The Morgan fingerprint density at radius 3 is 2.69 bits per heavy atom. The third-order valence-electron chi connectivity index (χ3n) is 5.46. The topological polar surface area (TPSA) is 70.7 Å². The van der Waals surface area contributed by atoms with Crippen molar-refractivity contribution in [2.75, 3.05) is 5.32 Å². The van der Waals surface area contributed by atoms with Crippen LogP contribution in [-0.2, 0) is 0 Å². The lowest BCUT2D eigenvalue weighted by Gasteiger charge is -2.12. The maximum Gasteiger partial charge on any atom is 0.256 e. The van der Waals surface area contributed by atoms with E-state index in [4.69, 9.17) is 0 Å². The number of carbonyl (C=O) groups excluding carboxylic acids is 1. The molecule has 172 valence electrons. The van der Waals surface area contributed by atoms with Gasteiger partial charge in [-0.25, -0.2) is 4.39 Å². The summed E-state index contributed by atoms with van der Waals surface area (Å²) in [5.74, 6) is -0.576. The number of aryl methyl sites for hydroxylation is 1. The Bertz CT molecular complexity index is 1550. The van der Waals surface area contributed by atoms with E-state index >= 15 is 0 Å². The van der Waals surface area contributed by atoms with Crippen LogP contribution in [0.5, 0.6) is 0 Å². The number of aromatic nitrogens is 3. The van der Waals surface area contributed by atoms with Gasteiger partial charge < -0.3 is 5.32 Å². The molecule has 0 bridgehead atoms. The minimum absolute atomic E-state index is 0.243. The Balaban J connectivity index is 1.37. The van der Waals surface area contributed by atoms with Crippen molar-refractivity contribution in [1.82, 2.24) is 15.2 Å². The van der Waals surface area contributed by atoms with Gasteiger partial charge in [0.1, 0.15) is 5.82 Å². The van der Waals surface area contributed by atoms with Gasteiger partial charge in [0.05, 0.1) is 22.5 Å². The lowest BCUT2D eigenvalue weighted by atomic mass is 10.1. The molecule has 0 spiro atoms. The molecule has 0 aliphatic heterocycles. The van der Waals surface area contributed by atoms with Gasteiger partial charge in [0.25, 0.3) is 5.91 Å². The predicted molar refractivity (Wildman–Crippen MR) is 139 cm³/mol. The first-order valence-corrected chi connectivity index (χ1v) is 11.8. The van der Waals surface area contributed by atoms with E-state index < -0.39 is 0 Å². The number of hydrogen-bond acceptors (Lipinski definition) is 4. The van der Waals surface area contributed by atoms with Crippen molar-refractivity contribution >= 4 is 46.4 Å². The highest BCUT2D eigenvalue weighted by molar-refractivity contribution is 7.99. The largest absolute Gasteiger partial charge is 0.322 e. The van der Waals surface area contributed by atoms with Crippen molar-refractivity contribution in [3.05, 3.63) is 113 Å². The average molecular weight is 481 g/mol. The molecule has 3 aromatic carbocycles. The summed E-state index contributed by atoms with van der Waals surface area (Å²) < 4.78 is 13.4. The van der Waals surface area contributed by atoms with Crippen LogP contribution in [0.1, 0.15) is 27.3 Å². The number of H-pyrrole nitrogens is 1. The normalized spacial score (nSPS) is 11.3. The number of pyridine rings is 1. The first kappa shape index (κ1) is 22.6. The van der Waals surface area contributed by atoms with Crippen molar-refractivity contribution in [3.8, 4) is 0 Å². The minimum atomic E-state index is -0.332. The number of nitrogens with zero attached hydrogens (tertiary/aromatic N) is 2. The second kappa shape index (κ2) is 9.95. The summed E-state index contributed by atoms with van der Waals surface area (Å²) in [6.07, 6.45) is 5.62. The number of rotatable bonds is 6. The molecule has 2 aromatic heterocycles. The van der Waals surface area contributed by atoms with Crippen molar-refractivity contribution < 1.29 is 9.18 Å². The first-order chi connectivity index (χ1) is 17.1. The van der Waals surface area contributed by atoms with Gasteiger partial charge in [0.15, 0.2) is 0 Å². The Morgan fingerprint density at radius 2 is 1.86 bits per heavy atom. The molecule has 5 aromatic rings. The molecule has 0 atom stereocenters. The lowest BCUT2D eigenvalue weighted by Crippen LogP contribution is -2.13. The van der Waals surface area contributed by atoms with E-state index in [2.05, 4.69) is 20.5 Å². The molecule has 7 heteroatoms. The molecule has 0 fully saturated rings. The highest BCUT2D eigenvalue weighted by Gasteiger charge is 2.14. The van der Waals surface area contributed by atoms with Crippen LogP contribution in [0, 0.1) is 12.7 Å². The second-order valence-corrected chi connectivity index (χ2v) is 9.03. The number of amides is 1. The van der Waals surface area contributed by atoms with Crippen LogP contribution >= 0.6 is 11.8 Å². The Morgan fingerprint density at radius 1 is 1.00 bits per heavy atom. The molecule has 2 N–H and O–H groups in total. The molecule has 5 nitrogen and oxygen atoms in total. The molecule has 0 saturated heterocycles. The molecular formula is C28H21FN4OS. The molecule has 2 heterocycles. The van der Waals surface area contributed by atoms with E-state index in [1.807, 2.05) is 66.7 Å². The van der Waals surface area contributed by atoms with Gasteiger partial charge in [-0.3, -0.25) is 14.9 Å². The van der Waals surface area contributed by atoms with Crippen LogP contribution in [0.25, 0.3) is 23.1 Å². The summed E-state index contributed by atoms with van der Waals surface area (Å²) in [7, 11) is 0. The minimum Gasteiger partial charge on any atom is -0.322 e. The standard InChI is InChI=1S/C28H21FN4OS/c1-18-16-19(29)9-13-24(18)31-28(34)23-7-2-3-8-27(23)35-21-11-12-22-25(32-33-26(22)17-21)14-10-20-6-4-5-15-30-20/h2-17H,1H3,(H,31,34)(H,32,33)/b14-10+. The van der Waals surface area contributed by atoms with E-state index in [-0.39, 0.29) is 11.7 Å². The molecule has 0 unspecified atom stereocenters. The number of benzene rings is 3. The monoisotopic (exact) mass is 480 g/mol. The number of anilines is 1. The molecule has 5 rings (SSSR count). The highest BCUT2D eigenvalue weighted by Crippen LogP contribution is 2.33. The average Bonchev–Trinajstić information content (AvgIpc) is 3.27. The van der Waals surface area contributed by atoms with Gasteiger partial charge in [-0.2, -0.15) is 5.10 Å². The molecule has 1 amide bonds. The van der Waals surface area contributed by atoms with Gasteiger partial charge in [-0.15, -0.1) is 0 Å². The van der Waals surface area contributed by atoms with Crippen LogP contribution in [0.2, 0.25) is 0 Å². The van der Waals surface area contributed by atoms with Gasteiger partial charge in [0, 0.05) is 27.1 Å². The summed E-state index contributed by atoms with van der Waals surface area (Å²) in [6, 6.07) is 23.5. The number of halogens is 1. The van der Waals surface area contributed by atoms with E-state index in [1.165, 1.54) is 23.9 Å². The van der Waals surface area contributed by atoms with Crippen molar-refractivity contribution in [1.29, 1.82) is 0 Å². The van der Waals surface area contributed by atoms with Crippen LogP contribution < -0.4 is 5.32 Å². The SMILES string of the molecule is Cc1cc(F)ccc1NC(=O)c1ccccc1Sc1ccc2c(/C=C/c3ccccn3)n[nH]c2c1. The number of fused-ring (bicyclic) bond motifs is 1. The molecule has 0 radical (unpaired) electrons. The molecular weight excluding hydrogens is 459 g/mol. The van der Waals surface area contributed by atoms with Crippen LogP contribution in [0.3, 0.4) is 0 Å². The van der Waals surface area contributed by atoms with Crippen molar-refractivity contribution in [2.24, 2.45) is 0 Å². The van der Waals surface area contributed by atoms with Crippen molar-refractivity contribution in [3.63, 3.8) is 0 Å². The number of nitrogens with one attached hydrogen (secondary N) is 2. The Hall–Kier alpha value is -4.23. The third-order valence-corrected chi connectivity index (χ3v) is 6.53. The third kappa shape index (κ3) is 5.15. The van der Waals surface area contributed by atoms with E-state index in [9.17, 15) is 9.18 Å². The molecule has 0 aliphatic carbocycles. The molecule has 0 aliphatic rings. The maximum absolute atomic E-state index is 13.4. The van der Waals surface area contributed by atoms with Crippen molar-refractivity contribution in [2.45, 2.75) is 16.7 Å². The summed E-state index contributed by atoms with van der Waals surface area (Å²) >= 11 is 1.50. The summed E-state index contributed by atoms with van der Waals surface area (Å²) in [5.41, 5.74) is 4.39. The zero-order valence-electron chi connectivity index (χ0n) is 18.8.